The van der Waals surface area contributed by atoms with Gasteiger partial charge in [-0.2, -0.15) is 5.10 Å². The number of nitrogens with zero attached hydrogens (tertiary/aromatic N) is 2. The van der Waals surface area contributed by atoms with Crippen LogP contribution in [0.4, 0.5) is 0 Å². The summed E-state index contributed by atoms with van der Waals surface area (Å²) in [7, 11) is 1.63. The molecule has 2 aliphatic rings. The zero-order valence-corrected chi connectivity index (χ0v) is 12.5. The highest BCUT2D eigenvalue weighted by Gasteiger charge is 2.33. The molecule has 0 unspecified atom stereocenters. The highest BCUT2D eigenvalue weighted by molar-refractivity contribution is 6.39. The summed E-state index contributed by atoms with van der Waals surface area (Å²) in [6.07, 6.45) is 2.65. The molecule has 22 heavy (non-hydrogen) atoms. The van der Waals surface area contributed by atoms with Gasteiger partial charge in [0.1, 0.15) is 11.5 Å². The number of hydrazone groups is 1. The van der Waals surface area contributed by atoms with Crippen molar-refractivity contribution in [2.75, 3.05) is 13.7 Å². The minimum atomic E-state index is -0.135. The zero-order valence-electron chi connectivity index (χ0n) is 12.5. The number of amides is 2. The van der Waals surface area contributed by atoms with E-state index in [9.17, 15) is 9.59 Å². The van der Waals surface area contributed by atoms with E-state index in [4.69, 9.17) is 4.74 Å². The first-order valence-corrected chi connectivity index (χ1v) is 7.49. The number of rotatable bonds is 3. The largest absolute Gasteiger partial charge is 0.497 e. The highest BCUT2D eigenvalue weighted by Crippen LogP contribution is 2.33. The Morgan fingerprint density at radius 2 is 2.09 bits per heavy atom. The van der Waals surface area contributed by atoms with Crippen LogP contribution in [0.2, 0.25) is 0 Å². The maximum absolute atomic E-state index is 12.6. The number of carbonyl (C=O) groups is 2. The fourth-order valence-corrected chi connectivity index (χ4v) is 2.98. The third-order valence-electron chi connectivity index (χ3n) is 4.17. The predicted molar refractivity (Wildman–Crippen MR) is 81.5 cm³/mol. The van der Waals surface area contributed by atoms with Crippen molar-refractivity contribution in [2.45, 2.75) is 31.7 Å². The van der Waals surface area contributed by atoms with Gasteiger partial charge in [0.2, 0.25) is 5.91 Å². The summed E-state index contributed by atoms with van der Waals surface area (Å²) < 4.78 is 5.17. The Morgan fingerprint density at radius 1 is 1.32 bits per heavy atom. The Hall–Kier alpha value is -2.37. The SMILES string of the molecule is COc1ccc([C@@H]2CCCN2C(=O)C2=NNC(=O)CC2)cc1. The zero-order chi connectivity index (χ0) is 15.5. The summed E-state index contributed by atoms with van der Waals surface area (Å²) >= 11 is 0. The first kappa shape index (κ1) is 14.6. The summed E-state index contributed by atoms with van der Waals surface area (Å²) in [6.45, 7) is 0.725. The lowest BCUT2D eigenvalue weighted by atomic mass is 10.0. The van der Waals surface area contributed by atoms with Crippen LogP contribution in [0.25, 0.3) is 0 Å². The average Bonchev–Trinajstić information content (AvgIpc) is 3.04. The molecule has 3 rings (SSSR count). The van der Waals surface area contributed by atoms with Gasteiger partial charge in [0.15, 0.2) is 0 Å². The maximum atomic E-state index is 12.6. The molecule has 6 heteroatoms. The number of carbonyl (C=O) groups excluding carboxylic acids is 2. The number of nitrogens with one attached hydrogen (secondary N) is 1. The lowest BCUT2D eigenvalue weighted by molar-refractivity contribution is -0.125. The van der Waals surface area contributed by atoms with Crippen molar-refractivity contribution in [3.8, 4) is 5.75 Å². The summed E-state index contributed by atoms with van der Waals surface area (Å²) in [5.74, 6) is 0.599. The number of ether oxygens (including phenoxy) is 1. The van der Waals surface area contributed by atoms with Gasteiger partial charge in [-0.3, -0.25) is 9.59 Å². The molecular weight excluding hydrogens is 282 g/mol. The normalized spacial score (nSPS) is 21.3. The molecule has 1 N–H and O–H groups in total. The molecule has 116 valence electrons. The molecule has 0 saturated carbocycles. The molecule has 2 heterocycles. The Balaban J connectivity index is 1.77. The van der Waals surface area contributed by atoms with Crippen molar-refractivity contribution in [2.24, 2.45) is 5.10 Å². The molecule has 0 spiro atoms. The van der Waals surface area contributed by atoms with Crippen molar-refractivity contribution in [3.05, 3.63) is 29.8 Å². The van der Waals surface area contributed by atoms with Gasteiger partial charge in [-0.1, -0.05) is 12.1 Å². The third kappa shape index (κ3) is 2.81. The molecule has 1 aromatic rings. The Bertz CT molecular complexity index is 610. The summed E-state index contributed by atoms with van der Waals surface area (Å²) in [4.78, 5) is 25.6. The third-order valence-corrected chi connectivity index (χ3v) is 4.17. The van der Waals surface area contributed by atoms with Crippen LogP contribution < -0.4 is 10.2 Å². The van der Waals surface area contributed by atoms with Crippen LogP contribution in [0.3, 0.4) is 0 Å². The smallest absolute Gasteiger partial charge is 0.270 e. The van der Waals surface area contributed by atoms with E-state index in [2.05, 4.69) is 10.5 Å². The van der Waals surface area contributed by atoms with Crippen LogP contribution in [-0.4, -0.2) is 36.1 Å². The van der Waals surface area contributed by atoms with Gasteiger partial charge < -0.3 is 9.64 Å². The second-order valence-electron chi connectivity index (χ2n) is 5.52. The molecule has 2 amide bonds. The number of hydrogen-bond donors (Lipinski definition) is 1. The van der Waals surface area contributed by atoms with E-state index < -0.39 is 0 Å². The van der Waals surface area contributed by atoms with Crippen LogP contribution in [0.1, 0.15) is 37.3 Å². The van der Waals surface area contributed by atoms with Gasteiger partial charge in [0, 0.05) is 19.4 Å². The molecule has 2 aliphatic heterocycles. The minimum Gasteiger partial charge on any atom is -0.497 e. The van der Waals surface area contributed by atoms with E-state index in [0.717, 1.165) is 30.7 Å². The Labute approximate surface area is 129 Å². The molecule has 1 atom stereocenters. The van der Waals surface area contributed by atoms with E-state index in [0.29, 0.717) is 18.6 Å². The molecule has 6 nitrogen and oxygen atoms in total. The minimum absolute atomic E-state index is 0.0683. The fourth-order valence-electron chi connectivity index (χ4n) is 2.98. The summed E-state index contributed by atoms with van der Waals surface area (Å²) in [5.41, 5.74) is 3.94. The van der Waals surface area contributed by atoms with Gasteiger partial charge >= 0.3 is 0 Å². The predicted octanol–water partition coefficient (Wildman–Crippen LogP) is 1.62. The molecule has 0 aliphatic carbocycles. The lowest BCUT2D eigenvalue weighted by Crippen LogP contribution is -2.39. The van der Waals surface area contributed by atoms with Crippen LogP contribution >= 0.6 is 0 Å². The van der Waals surface area contributed by atoms with Crippen molar-refractivity contribution >= 4 is 17.5 Å². The van der Waals surface area contributed by atoms with Gasteiger partial charge in [-0.25, -0.2) is 5.43 Å². The first-order chi connectivity index (χ1) is 10.7. The molecule has 0 bridgehead atoms. The first-order valence-electron chi connectivity index (χ1n) is 7.49. The second-order valence-corrected chi connectivity index (χ2v) is 5.52. The van der Waals surface area contributed by atoms with Crippen molar-refractivity contribution < 1.29 is 14.3 Å². The lowest BCUT2D eigenvalue weighted by Gasteiger charge is -2.26. The Kier molecular flexibility index (Phi) is 4.09. The highest BCUT2D eigenvalue weighted by atomic mass is 16.5. The molecule has 1 fully saturated rings. The van der Waals surface area contributed by atoms with Gasteiger partial charge in [-0.05, 0) is 30.5 Å². The van der Waals surface area contributed by atoms with E-state index >= 15 is 0 Å². The number of methoxy groups -OCH3 is 1. The maximum Gasteiger partial charge on any atom is 0.270 e. The number of hydrogen-bond acceptors (Lipinski definition) is 4. The molecule has 1 aromatic carbocycles. The van der Waals surface area contributed by atoms with Crippen LogP contribution in [-0.2, 0) is 9.59 Å². The second kappa shape index (κ2) is 6.17. The number of benzene rings is 1. The van der Waals surface area contributed by atoms with Gasteiger partial charge in [0.05, 0.1) is 13.2 Å². The molecule has 1 saturated heterocycles. The monoisotopic (exact) mass is 301 g/mol. The molecule has 0 radical (unpaired) electrons. The van der Waals surface area contributed by atoms with Crippen molar-refractivity contribution in [1.29, 1.82) is 0 Å². The van der Waals surface area contributed by atoms with E-state index in [1.54, 1.807) is 7.11 Å². The molecular formula is C16H19N3O3. The summed E-state index contributed by atoms with van der Waals surface area (Å²) in [5, 5.41) is 3.92. The quantitative estimate of drug-likeness (QED) is 0.922. The van der Waals surface area contributed by atoms with Crippen LogP contribution in [0.5, 0.6) is 5.75 Å². The number of likely N-dealkylation sites (tertiary alicyclic amines) is 1. The van der Waals surface area contributed by atoms with Crippen LogP contribution in [0, 0.1) is 0 Å². The van der Waals surface area contributed by atoms with E-state index in [1.807, 2.05) is 29.2 Å². The van der Waals surface area contributed by atoms with Gasteiger partial charge in [-0.15, -0.1) is 0 Å². The van der Waals surface area contributed by atoms with Crippen molar-refractivity contribution in [3.63, 3.8) is 0 Å². The topological polar surface area (TPSA) is 71.0 Å². The van der Waals surface area contributed by atoms with Gasteiger partial charge in [0.25, 0.3) is 5.91 Å². The van der Waals surface area contributed by atoms with Crippen molar-refractivity contribution in [1.82, 2.24) is 10.3 Å². The van der Waals surface area contributed by atoms with E-state index in [-0.39, 0.29) is 17.9 Å². The van der Waals surface area contributed by atoms with Crippen LogP contribution in [0.15, 0.2) is 29.4 Å². The molecule has 0 aromatic heterocycles. The summed E-state index contributed by atoms with van der Waals surface area (Å²) in [6, 6.07) is 7.89. The fraction of sp³-hybridized carbons (Fsp3) is 0.438. The standard InChI is InChI=1S/C16H19N3O3/c1-22-12-6-4-11(5-7-12)14-3-2-10-19(14)16(21)13-8-9-15(20)18-17-13/h4-7,14H,2-3,8-10H2,1H3,(H,18,20)/t14-/m0/s1. The average molecular weight is 301 g/mol. The Morgan fingerprint density at radius 3 is 2.73 bits per heavy atom. The van der Waals surface area contributed by atoms with E-state index in [1.165, 1.54) is 0 Å².